The third kappa shape index (κ3) is 2.64. The first-order valence-electron chi connectivity index (χ1n) is 3.41. The summed E-state index contributed by atoms with van der Waals surface area (Å²) < 4.78 is 10.1. The summed E-state index contributed by atoms with van der Waals surface area (Å²) in [7, 11) is 5.22. The summed E-state index contributed by atoms with van der Waals surface area (Å²) in [6, 6.07) is 0.435. The summed E-state index contributed by atoms with van der Waals surface area (Å²) in [5, 5.41) is 0. The lowest BCUT2D eigenvalue weighted by atomic mass is 10.4. The Balaban J connectivity index is 3.76. The molecule has 0 heterocycles. The van der Waals surface area contributed by atoms with Crippen molar-refractivity contribution >= 4 is 0 Å². The molecule has 0 unspecified atom stereocenters. The highest BCUT2D eigenvalue weighted by Crippen LogP contribution is 2.02. The maximum atomic E-state index is 5.03. The Bertz CT molecular complexity index is 81.7. The van der Waals surface area contributed by atoms with E-state index in [2.05, 4.69) is 13.8 Å². The van der Waals surface area contributed by atoms with Gasteiger partial charge in [0.05, 0.1) is 0 Å². The predicted octanol–water partition coefficient (Wildman–Crippen LogP) is 0.903. The van der Waals surface area contributed by atoms with Crippen LogP contribution in [0.1, 0.15) is 13.8 Å². The molecule has 0 aromatic rings. The Morgan fingerprint density at radius 2 is 1.50 bits per heavy atom. The quantitative estimate of drug-likeness (QED) is 0.551. The molecule has 0 aliphatic rings. The molecule has 0 saturated heterocycles. The Morgan fingerprint density at radius 3 is 1.60 bits per heavy atom. The molecule has 62 valence electrons. The van der Waals surface area contributed by atoms with E-state index in [-0.39, 0.29) is 6.41 Å². The van der Waals surface area contributed by atoms with Crippen molar-refractivity contribution in [2.24, 2.45) is 0 Å². The molecule has 0 bridgehead atoms. The van der Waals surface area contributed by atoms with Crippen molar-refractivity contribution in [3.05, 3.63) is 0 Å². The Labute approximate surface area is 62.9 Å². The molecule has 0 aliphatic heterocycles. The first kappa shape index (κ1) is 9.88. The van der Waals surface area contributed by atoms with Crippen molar-refractivity contribution in [1.29, 1.82) is 0 Å². The number of nitrogens with zero attached hydrogens (tertiary/aromatic N) is 1. The molecule has 0 N–H and O–H groups in total. The molecule has 0 spiro atoms. The van der Waals surface area contributed by atoms with Gasteiger partial charge in [0, 0.05) is 20.3 Å². The molecule has 0 aromatic carbocycles. The lowest BCUT2D eigenvalue weighted by molar-refractivity contribution is -0.196. The zero-order valence-corrected chi connectivity index (χ0v) is 7.42. The Morgan fingerprint density at radius 1 is 1.10 bits per heavy atom. The summed E-state index contributed by atoms with van der Waals surface area (Å²) in [6.07, 6.45) is -0.222. The first-order valence-corrected chi connectivity index (χ1v) is 3.41. The maximum Gasteiger partial charge on any atom is 0.218 e. The van der Waals surface area contributed by atoms with Gasteiger partial charge in [0.25, 0.3) is 0 Å². The van der Waals surface area contributed by atoms with E-state index in [9.17, 15) is 0 Å². The fourth-order valence-corrected chi connectivity index (χ4v) is 0.672. The number of ether oxygens (including phenoxy) is 2. The van der Waals surface area contributed by atoms with E-state index in [0.717, 1.165) is 0 Å². The van der Waals surface area contributed by atoms with Crippen LogP contribution in [0, 0.1) is 0 Å². The molecule has 0 amide bonds. The number of rotatable bonds is 4. The fourth-order valence-electron chi connectivity index (χ4n) is 0.672. The summed E-state index contributed by atoms with van der Waals surface area (Å²) in [6.45, 7) is 4.18. The van der Waals surface area contributed by atoms with E-state index < -0.39 is 0 Å². The van der Waals surface area contributed by atoms with Crippen LogP contribution in [0.25, 0.3) is 0 Å². The maximum absolute atomic E-state index is 5.03. The van der Waals surface area contributed by atoms with E-state index in [1.807, 2.05) is 11.9 Å². The molecule has 0 radical (unpaired) electrons. The van der Waals surface area contributed by atoms with Crippen LogP contribution in [-0.2, 0) is 9.47 Å². The molecular formula is C7H17NO2. The Kier molecular flexibility index (Phi) is 4.60. The zero-order valence-electron chi connectivity index (χ0n) is 7.42. The summed E-state index contributed by atoms with van der Waals surface area (Å²) in [5.41, 5.74) is 0. The lowest BCUT2D eigenvalue weighted by Crippen LogP contribution is -2.39. The zero-order chi connectivity index (χ0) is 8.15. The highest BCUT2D eigenvalue weighted by atomic mass is 16.7. The van der Waals surface area contributed by atoms with Gasteiger partial charge in [-0.2, -0.15) is 0 Å². The summed E-state index contributed by atoms with van der Waals surface area (Å²) in [4.78, 5) is 2.00. The van der Waals surface area contributed by atoms with Crippen molar-refractivity contribution in [2.45, 2.75) is 26.3 Å². The van der Waals surface area contributed by atoms with E-state index in [0.29, 0.717) is 6.04 Å². The lowest BCUT2D eigenvalue weighted by Gasteiger charge is -2.28. The largest absolute Gasteiger partial charge is 0.343 e. The van der Waals surface area contributed by atoms with Crippen LogP contribution >= 0.6 is 0 Å². The van der Waals surface area contributed by atoms with Gasteiger partial charge in [-0.3, -0.25) is 4.90 Å². The summed E-state index contributed by atoms with van der Waals surface area (Å²) >= 11 is 0. The van der Waals surface area contributed by atoms with Crippen LogP contribution in [0.15, 0.2) is 0 Å². The van der Waals surface area contributed by atoms with Crippen molar-refractivity contribution < 1.29 is 9.47 Å². The molecule has 0 rings (SSSR count). The second-order valence-corrected chi connectivity index (χ2v) is 2.54. The van der Waals surface area contributed by atoms with E-state index in [1.165, 1.54) is 0 Å². The van der Waals surface area contributed by atoms with E-state index in [4.69, 9.17) is 9.47 Å². The van der Waals surface area contributed by atoms with Gasteiger partial charge in [0.2, 0.25) is 6.41 Å². The molecule has 0 saturated carbocycles. The number of hydrogen-bond acceptors (Lipinski definition) is 3. The van der Waals surface area contributed by atoms with Crippen molar-refractivity contribution in [1.82, 2.24) is 4.90 Å². The van der Waals surface area contributed by atoms with Gasteiger partial charge in [-0.25, -0.2) is 0 Å². The second-order valence-electron chi connectivity index (χ2n) is 2.54. The number of methoxy groups -OCH3 is 2. The number of hydrogen-bond donors (Lipinski definition) is 0. The smallest absolute Gasteiger partial charge is 0.218 e. The van der Waals surface area contributed by atoms with Crippen LogP contribution in [0.2, 0.25) is 0 Å². The highest BCUT2D eigenvalue weighted by molar-refractivity contribution is 4.54. The average Bonchev–Trinajstić information content (AvgIpc) is 1.90. The fraction of sp³-hybridized carbons (Fsp3) is 1.00. The van der Waals surface area contributed by atoms with Gasteiger partial charge < -0.3 is 9.47 Å². The molecule has 3 nitrogen and oxygen atoms in total. The van der Waals surface area contributed by atoms with E-state index in [1.54, 1.807) is 14.2 Å². The summed E-state index contributed by atoms with van der Waals surface area (Å²) in [5.74, 6) is 0. The van der Waals surface area contributed by atoms with Crippen LogP contribution in [0.4, 0.5) is 0 Å². The van der Waals surface area contributed by atoms with Crippen LogP contribution in [-0.4, -0.2) is 38.6 Å². The molecule has 0 fully saturated rings. The van der Waals surface area contributed by atoms with Gasteiger partial charge in [-0.1, -0.05) is 0 Å². The Hall–Kier alpha value is -0.120. The van der Waals surface area contributed by atoms with Crippen molar-refractivity contribution in [2.75, 3.05) is 21.3 Å². The molecule has 10 heavy (non-hydrogen) atoms. The van der Waals surface area contributed by atoms with Gasteiger partial charge in [0.1, 0.15) is 0 Å². The molecular weight excluding hydrogens is 130 g/mol. The minimum Gasteiger partial charge on any atom is -0.343 e. The molecule has 3 heteroatoms. The highest BCUT2D eigenvalue weighted by Gasteiger charge is 2.14. The minimum atomic E-state index is -0.222. The minimum absolute atomic E-state index is 0.222. The standard InChI is InChI=1S/C7H17NO2/c1-6(2)8(3)7(9-4)10-5/h6-7H,1-5H3. The van der Waals surface area contributed by atoms with Gasteiger partial charge in [-0.15, -0.1) is 0 Å². The van der Waals surface area contributed by atoms with Gasteiger partial charge >= 0.3 is 0 Å². The first-order chi connectivity index (χ1) is 4.63. The molecule has 0 atom stereocenters. The third-order valence-corrected chi connectivity index (χ3v) is 1.55. The molecule has 0 aliphatic carbocycles. The van der Waals surface area contributed by atoms with E-state index >= 15 is 0 Å². The molecule has 0 aromatic heterocycles. The second kappa shape index (κ2) is 4.66. The SMILES string of the molecule is COC(OC)N(C)C(C)C. The topological polar surface area (TPSA) is 21.7 Å². The van der Waals surface area contributed by atoms with Crippen LogP contribution in [0.3, 0.4) is 0 Å². The van der Waals surface area contributed by atoms with Gasteiger partial charge in [0.15, 0.2) is 0 Å². The monoisotopic (exact) mass is 147 g/mol. The van der Waals surface area contributed by atoms with Crippen LogP contribution in [0.5, 0.6) is 0 Å². The van der Waals surface area contributed by atoms with Crippen LogP contribution < -0.4 is 0 Å². The van der Waals surface area contributed by atoms with Gasteiger partial charge in [-0.05, 0) is 20.9 Å². The average molecular weight is 147 g/mol. The normalized spacial score (nSPS) is 12.0. The predicted molar refractivity (Wildman–Crippen MR) is 40.7 cm³/mol. The van der Waals surface area contributed by atoms with Crippen molar-refractivity contribution in [3.63, 3.8) is 0 Å². The third-order valence-electron chi connectivity index (χ3n) is 1.55. The van der Waals surface area contributed by atoms with Crippen molar-refractivity contribution in [3.8, 4) is 0 Å².